The van der Waals surface area contributed by atoms with Gasteiger partial charge in [-0.1, -0.05) is 18.2 Å². The Hall–Kier alpha value is -1.18. The third-order valence-corrected chi connectivity index (χ3v) is 1.11. The summed E-state index contributed by atoms with van der Waals surface area (Å²) in [6, 6.07) is 0. The molecule has 0 amide bonds. The Bertz CT molecular complexity index is 187. The molecule has 0 unspecified atom stereocenters. The SMILES string of the molecule is OC1=C(O)CC=CC=C1. The van der Waals surface area contributed by atoms with Crippen LogP contribution >= 0.6 is 0 Å². The van der Waals surface area contributed by atoms with Crippen molar-refractivity contribution in [3.63, 3.8) is 0 Å². The normalized spacial score (nSPS) is 18.2. The van der Waals surface area contributed by atoms with Crippen LogP contribution in [0.4, 0.5) is 0 Å². The lowest BCUT2D eigenvalue weighted by Gasteiger charge is -1.93. The second-order valence-electron chi connectivity index (χ2n) is 1.82. The lowest BCUT2D eigenvalue weighted by atomic mass is 10.3. The first-order valence-electron chi connectivity index (χ1n) is 2.75. The van der Waals surface area contributed by atoms with E-state index >= 15 is 0 Å². The molecule has 2 heteroatoms. The molecular weight excluding hydrogens is 116 g/mol. The van der Waals surface area contributed by atoms with Crippen molar-refractivity contribution in [2.24, 2.45) is 0 Å². The minimum Gasteiger partial charge on any atom is -0.508 e. The molecule has 0 aromatic carbocycles. The van der Waals surface area contributed by atoms with Crippen LogP contribution in [0.2, 0.25) is 0 Å². The predicted octanol–water partition coefficient (Wildman–Crippen LogP) is 1.83. The Morgan fingerprint density at radius 1 is 1.22 bits per heavy atom. The van der Waals surface area contributed by atoms with Gasteiger partial charge in [-0.2, -0.15) is 0 Å². The molecule has 2 nitrogen and oxygen atoms in total. The molecule has 0 radical (unpaired) electrons. The van der Waals surface area contributed by atoms with E-state index in [4.69, 9.17) is 10.2 Å². The second-order valence-corrected chi connectivity index (χ2v) is 1.82. The van der Waals surface area contributed by atoms with Crippen molar-refractivity contribution in [1.82, 2.24) is 0 Å². The molecule has 1 rings (SSSR count). The Morgan fingerprint density at radius 3 is 2.78 bits per heavy atom. The molecule has 0 atom stereocenters. The zero-order chi connectivity index (χ0) is 6.69. The molecular formula is C7H8O2. The Balaban J connectivity index is 2.85. The second kappa shape index (κ2) is 2.40. The highest BCUT2D eigenvalue weighted by Gasteiger charge is 1.98. The van der Waals surface area contributed by atoms with Crippen LogP contribution in [-0.2, 0) is 0 Å². The zero-order valence-electron chi connectivity index (χ0n) is 4.91. The van der Waals surface area contributed by atoms with Gasteiger partial charge < -0.3 is 10.2 Å². The van der Waals surface area contributed by atoms with E-state index < -0.39 is 0 Å². The van der Waals surface area contributed by atoms with Gasteiger partial charge in [-0.15, -0.1) is 0 Å². The van der Waals surface area contributed by atoms with E-state index in [1.165, 1.54) is 6.08 Å². The molecule has 0 saturated heterocycles. The number of rotatable bonds is 0. The lowest BCUT2D eigenvalue weighted by Crippen LogP contribution is -1.83. The summed E-state index contributed by atoms with van der Waals surface area (Å²) in [5.74, 6) is -0.0139. The third kappa shape index (κ3) is 1.35. The van der Waals surface area contributed by atoms with E-state index in [1.807, 2.05) is 0 Å². The smallest absolute Gasteiger partial charge is 0.153 e. The summed E-state index contributed by atoms with van der Waals surface area (Å²) in [5, 5.41) is 17.7. The van der Waals surface area contributed by atoms with Crippen LogP contribution in [0, 0.1) is 0 Å². The highest BCUT2D eigenvalue weighted by molar-refractivity contribution is 5.23. The van der Waals surface area contributed by atoms with Crippen molar-refractivity contribution in [2.75, 3.05) is 0 Å². The molecule has 1 aliphatic rings. The van der Waals surface area contributed by atoms with E-state index in [0.29, 0.717) is 6.42 Å². The molecule has 2 N–H and O–H groups in total. The number of hydrogen-bond donors (Lipinski definition) is 2. The fourth-order valence-corrected chi connectivity index (χ4v) is 0.606. The molecule has 48 valence electrons. The van der Waals surface area contributed by atoms with E-state index in [9.17, 15) is 0 Å². The van der Waals surface area contributed by atoms with E-state index in [1.54, 1.807) is 18.2 Å². The minimum absolute atomic E-state index is 0.0278. The van der Waals surface area contributed by atoms with Crippen LogP contribution < -0.4 is 0 Å². The number of aliphatic hydroxyl groups excluding tert-OH is 2. The first-order chi connectivity index (χ1) is 4.30. The Labute approximate surface area is 53.4 Å². The first kappa shape index (κ1) is 5.95. The molecule has 0 aliphatic heterocycles. The van der Waals surface area contributed by atoms with Crippen molar-refractivity contribution >= 4 is 0 Å². The van der Waals surface area contributed by atoms with Gasteiger partial charge in [0.05, 0.1) is 0 Å². The molecule has 0 bridgehead atoms. The van der Waals surface area contributed by atoms with Gasteiger partial charge >= 0.3 is 0 Å². The summed E-state index contributed by atoms with van der Waals surface area (Å²) >= 11 is 0. The van der Waals surface area contributed by atoms with Crippen LogP contribution in [0.1, 0.15) is 6.42 Å². The van der Waals surface area contributed by atoms with Crippen molar-refractivity contribution in [2.45, 2.75) is 6.42 Å². The van der Waals surface area contributed by atoms with E-state index in [2.05, 4.69) is 0 Å². The van der Waals surface area contributed by atoms with Gasteiger partial charge in [-0.05, 0) is 6.08 Å². The molecule has 0 saturated carbocycles. The van der Waals surface area contributed by atoms with Crippen molar-refractivity contribution < 1.29 is 10.2 Å². The standard InChI is InChI=1S/C7H8O2/c8-6-4-2-1-3-5-7(6)9/h1-4,8-9H,5H2. The molecule has 0 spiro atoms. The van der Waals surface area contributed by atoms with Crippen molar-refractivity contribution in [1.29, 1.82) is 0 Å². The van der Waals surface area contributed by atoms with Crippen molar-refractivity contribution in [3.05, 3.63) is 35.8 Å². The molecule has 0 aromatic heterocycles. The van der Waals surface area contributed by atoms with Gasteiger partial charge in [0.2, 0.25) is 0 Å². The zero-order valence-corrected chi connectivity index (χ0v) is 4.91. The molecule has 0 aromatic rings. The lowest BCUT2D eigenvalue weighted by molar-refractivity contribution is 0.332. The van der Waals surface area contributed by atoms with Gasteiger partial charge in [0, 0.05) is 6.42 Å². The summed E-state index contributed by atoms with van der Waals surface area (Å²) in [5.41, 5.74) is 0. The highest BCUT2D eigenvalue weighted by atomic mass is 16.3. The highest BCUT2D eigenvalue weighted by Crippen LogP contribution is 2.08. The van der Waals surface area contributed by atoms with Gasteiger partial charge in [0.25, 0.3) is 0 Å². The maximum atomic E-state index is 8.88. The summed E-state index contributed by atoms with van der Waals surface area (Å²) in [6.07, 6.45) is 7.10. The van der Waals surface area contributed by atoms with Crippen LogP contribution in [0.5, 0.6) is 0 Å². The fourth-order valence-electron chi connectivity index (χ4n) is 0.606. The molecule has 1 aliphatic carbocycles. The molecule has 0 fully saturated rings. The Morgan fingerprint density at radius 2 is 2.00 bits per heavy atom. The molecule has 0 heterocycles. The largest absolute Gasteiger partial charge is 0.508 e. The predicted molar refractivity (Wildman–Crippen MR) is 35.2 cm³/mol. The van der Waals surface area contributed by atoms with E-state index in [0.717, 1.165) is 0 Å². The molecule has 9 heavy (non-hydrogen) atoms. The van der Waals surface area contributed by atoms with Crippen LogP contribution in [0.25, 0.3) is 0 Å². The maximum absolute atomic E-state index is 8.88. The summed E-state index contributed by atoms with van der Waals surface area (Å²) in [4.78, 5) is 0. The summed E-state index contributed by atoms with van der Waals surface area (Å²) in [6.45, 7) is 0. The first-order valence-corrected chi connectivity index (χ1v) is 2.75. The van der Waals surface area contributed by atoms with Gasteiger partial charge in [-0.3, -0.25) is 0 Å². The van der Waals surface area contributed by atoms with Crippen molar-refractivity contribution in [3.8, 4) is 0 Å². The fraction of sp³-hybridized carbons (Fsp3) is 0.143. The summed E-state index contributed by atoms with van der Waals surface area (Å²) < 4.78 is 0. The van der Waals surface area contributed by atoms with Gasteiger partial charge in [0.1, 0.15) is 5.76 Å². The average Bonchev–Trinajstić information content (AvgIpc) is 1.99. The average molecular weight is 124 g/mol. The topological polar surface area (TPSA) is 40.5 Å². The number of hydrogen-bond acceptors (Lipinski definition) is 2. The quantitative estimate of drug-likeness (QED) is 0.517. The monoisotopic (exact) mass is 124 g/mol. The number of aliphatic hydroxyl groups is 2. The van der Waals surface area contributed by atoms with Crippen LogP contribution in [0.15, 0.2) is 35.8 Å². The van der Waals surface area contributed by atoms with Gasteiger partial charge in [0.15, 0.2) is 5.76 Å². The van der Waals surface area contributed by atoms with E-state index in [-0.39, 0.29) is 11.5 Å². The van der Waals surface area contributed by atoms with Crippen LogP contribution in [-0.4, -0.2) is 10.2 Å². The van der Waals surface area contributed by atoms with Gasteiger partial charge in [-0.25, -0.2) is 0 Å². The Kier molecular flexibility index (Phi) is 1.58. The van der Waals surface area contributed by atoms with Crippen LogP contribution in [0.3, 0.4) is 0 Å². The summed E-state index contributed by atoms with van der Waals surface area (Å²) in [7, 11) is 0. The third-order valence-electron chi connectivity index (χ3n) is 1.11. The minimum atomic E-state index is -0.0417. The maximum Gasteiger partial charge on any atom is 0.153 e. The number of allylic oxidation sites excluding steroid dienone is 4.